The summed E-state index contributed by atoms with van der Waals surface area (Å²) in [5, 5.41) is 1.05. The summed E-state index contributed by atoms with van der Waals surface area (Å²) in [4.78, 5) is 15.9. The molecule has 3 aromatic rings. The van der Waals surface area contributed by atoms with E-state index in [1.54, 1.807) is 17.5 Å². The Bertz CT molecular complexity index is 1060. The minimum absolute atomic E-state index is 0.314. The van der Waals surface area contributed by atoms with E-state index < -0.39 is 0 Å². The first-order valence-corrected chi connectivity index (χ1v) is 11.0. The summed E-state index contributed by atoms with van der Waals surface area (Å²) in [5.74, 6) is 0.995. The van der Waals surface area contributed by atoms with Crippen molar-refractivity contribution in [3.8, 4) is 0 Å². The minimum Gasteiger partial charge on any atom is -0.394 e. The lowest BCUT2D eigenvalue weighted by molar-refractivity contribution is -0.0243. The molecule has 2 aromatic heterocycles. The largest absolute Gasteiger partial charge is 0.394 e. The van der Waals surface area contributed by atoms with E-state index in [9.17, 15) is 0 Å². The molecular weight excluding hydrogens is 384 g/mol. The average molecular weight is 411 g/mol. The van der Waals surface area contributed by atoms with Crippen molar-refractivity contribution in [2.45, 2.75) is 63.8 Å². The number of rotatable bonds is 3. The molecule has 0 spiro atoms. The zero-order chi connectivity index (χ0) is 20.2. The van der Waals surface area contributed by atoms with Crippen LogP contribution in [0.2, 0.25) is 0 Å². The number of aromatic nitrogens is 3. The van der Waals surface area contributed by atoms with E-state index in [4.69, 9.17) is 21.2 Å². The van der Waals surface area contributed by atoms with Crippen LogP contribution in [-0.2, 0) is 11.2 Å². The summed E-state index contributed by atoms with van der Waals surface area (Å²) in [6.45, 7) is 4.32. The van der Waals surface area contributed by atoms with Crippen LogP contribution in [0, 0.1) is 0 Å². The van der Waals surface area contributed by atoms with Crippen molar-refractivity contribution >= 4 is 38.2 Å². The Balaban J connectivity index is 1.45. The number of hydrogen-bond acceptors (Lipinski definition) is 8. The Kier molecular flexibility index (Phi) is 4.36. The Morgan fingerprint density at radius 3 is 2.86 bits per heavy atom. The van der Waals surface area contributed by atoms with Gasteiger partial charge in [-0.1, -0.05) is 30.2 Å². The fraction of sp³-hybridized carbons (Fsp3) is 0.476. The predicted octanol–water partition coefficient (Wildman–Crippen LogP) is 3.73. The predicted molar refractivity (Wildman–Crippen MR) is 117 cm³/mol. The number of benzene rings is 1. The number of anilines is 3. The van der Waals surface area contributed by atoms with Gasteiger partial charge in [-0.25, -0.2) is 15.0 Å². The number of hydrogen-bond donors (Lipinski definition) is 2. The maximum atomic E-state index is 6.39. The van der Waals surface area contributed by atoms with Crippen LogP contribution >= 0.6 is 11.3 Å². The lowest BCUT2D eigenvalue weighted by Crippen LogP contribution is -2.45. The summed E-state index contributed by atoms with van der Waals surface area (Å²) >= 11 is 1.73. The number of ether oxygens (including phenoxy) is 1. The molecule has 2 fully saturated rings. The first-order chi connectivity index (χ1) is 13.9. The monoisotopic (exact) mass is 410 g/mol. The van der Waals surface area contributed by atoms with E-state index in [-0.39, 0.29) is 5.72 Å². The van der Waals surface area contributed by atoms with Gasteiger partial charge >= 0.3 is 0 Å². The molecule has 1 saturated carbocycles. The van der Waals surface area contributed by atoms with Crippen molar-refractivity contribution in [1.82, 2.24) is 15.0 Å². The highest BCUT2D eigenvalue weighted by atomic mass is 32.1. The van der Waals surface area contributed by atoms with Crippen LogP contribution in [0.3, 0.4) is 0 Å². The summed E-state index contributed by atoms with van der Waals surface area (Å²) in [6, 6.07) is 6.75. The molecule has 4 N–H and O–H groups in total. The summed E-state index contributed by atoms with van der Waals surface area (Å²) in [7, 11) is 0. The number of nitrogens with zero attached hydrogens (tertiary/aromatic N) is 4. The lowest BCUT2D eigenvalue weighted by atomic mass is 9.92. The van der Waals surface area contributed by atoms with Crippen molar-refractivity contribution in [1.29, 1.82) is 0 Å². The maximum Gasteiger partial charge on any atom is 0.189 e. The van der Waals surface area contributed by atoms with Gasteiger partial charge in [-0.3, -0.25) is 0 Å². The summed E-state index contributed by atoms with van der Waals surface area (Å²) < 4.78 is 7.56. The molecule has 0 radical (unpaired) electrons. The molecule has 0 bridgehead atoms. The van der Waals surface area contributed by atoms with Crippen LogP contribution in [0.5, 0.6) is 0 Å². The van der Waals surface area contributed by atoms with Crippen molar-refractivity contribution in [3.05, 3.63) is 35.8 Å². The van der Waals surface area contributed by atoms with Gasteiger partial charge in [0.15, 0.2) is 5.13 Å². The Labute approximate surface area is 174 Å². The van der Waals surface area contributed by atoms with Crippen LogP contribution in [0.15, 0.2) is 24.4 Å². The van der Waals surface area contributed by atoms with Gasteiger partial charge in [-0.05, 0) is 44.4 Å². The smallest absolute Gasteiger partial charge is 0.189 e. The molecule has 2 aliphatic rings. The van der Waals surface area contributed by atoms with Gasteiger partial charge in [0.25, 0.3) is 0 Å². The van der Waals surface area contributed by atoms with Crippen molar-refractivity contribution in [2.24, 2.45) is 0 Å². The molecule has 0 amide bonds. The molecule has 2 atom stereocenters. The molecule has 152 valence electrons. The van der Waals surface area contributed by atoms with Gasteiger partial charge in [0, 0.05) is 6.42 Å². The van der Waals surface area contributed by atoms with E-state index in [1.807, 2.05) is 0 Å². The van der Waals surface area contributed by atoms with Crippen LogP contribution < -0.4 is 16.4 Å². The van der Waals surface area contributed by atoms with E-state index in [1.165, 1.54) is 19.3 Å². The molecule has 1 aliphatic carbocycles. The van der Waals surface area contributed by atoms with E-state index in [0.717, 1.165) is 27.3 Å². The standard InChI is InChI=1S/C21H26N6OS/c1-21(2)27(15-5-3-4-6-16(15)28-21)20-25-14-8-7-12(9-17(14)29-20)10-18-24-11-13(22)19(23)26-18/h7-9,11,15-16H,3-6,10,22H2,1-2H3,(H2,23,24,26)/t15-,16-/m1/s1. The number of nitrogens with two attached hydrogens (primary N) is 2. The highest BCUT2D eigenvalue weighted by Gasteiger charge is 2.49. The van der Waals surface area contributed by atoms with E-state index in [0.29, 0.717) is 35.9 Å². The molecular formula is C21H26N6OS. The van der Waals surface area contributed by atoms with Gasteiger partial charge in [-0.15, -0.1) is 0 Å². The first-order valence-electron chi connectivity index (χ1n) is 10.1. The summed E-state index contributed by atoms with van der Waals surface area (Å²) in [5.41, 5.74) is 13.8. The van der Waals surface area contributed by atoms with Crippen LogP contribution in [-0.4, -0.2) is 32.8 Å². The second-order valence-corrected chi connectivity index (χ2v) is 9.44. The van der Waals surface area contributed by atoms with Crippen LogP contribution in [0.1, 0.15) is 50.9 Å². The topological polar surface area (TPSA) is 103 Å². The molecule has 5 rings (SSSR count). The average Bonchev–Trinajstić information content (AvgIpc) is 3.20. The lowest BCUT2D eigenvalue weighted by Gasteiger charge is -2.34. The van der Waals surface area contributed by atoms with Crippen LogP contribution in [0.25, 0.3) is 10.2 Å². The molecule has 3 heterocycles. The van der Waals surface area contributed by atoms with Crippen molar-refractivity contribution in [3.63, 3.8) is 0 Å². The molecule has 8 heteroatoms. The normalized spacial score (nSPS) is 23.4. The van der Waals surface area contributed by atoms with Gasteiger partial charge < -0.3 is 21.1 Å². The van der Waals surface area contributed by atoms with E-state index in [2.05, 4.69) is 46.9 Å². The summed E-state index contributed by atoms with van der Waals surface area (Å²) in [6.07, 6.45) is 7.32. The molecule has 0 unspecified atom stereocenters. The van der Waals surface area contributed by atoms with Gasteiger partial charge in [0.2, 0.25) is 0 Å². The third kappa shape index (κ3) is 3.30. The fourth-order valence-corrected chi connectivity index (χ4v) is 5.81. The third-order valence-corrected chi connectivity index (χ3v) is 6.94. The second kappa shape index (κ2) is 6.81. The first kappa shape index (κ1) is 18.6. The third-order valence-electron chi connectivity index (χ3n) is 5.93. The van der Waals surface area contributed by atoms with Crippen molar-refractivity contribution in [2.75, 3.05) is 16.4 Å². The molecule has 7 nitrogen and oxygen atoms in total. The Hall–Kier alpha value is -2.45. The zero-order valence-electron chi connectivity index (χ0n) is 16.8. The minimum atomic E-state index is -0.328. The number of fused-ring (bicyclic) bond motifs is 2. The van der Waals surface area contributed by atoms with Gasteiger partial charge in [0.05, 0.1) is 34.2 Å². The highest BCUT2D eigenvalue weighted by molar-refractivity contribution is 7.22. The fourth-order valence-electron chi connectivity index (χ4n) is 4.59. The molecule has 1 saturated heterocycles. The quantitative estimate of drug-likeness (QED) is 0.678. The Morgan fingerprint density at radius 2 is 2.03 bits per heavy atom. The van der Waals surface area contributed by atoms with E-state index >= 15 is 0 Å². The second-order valence-electron chi connectivity index (χ2n) is 8.43. The molecule has 1 aromatic carbocycles. The van der Waals surface area contributed by atoms with Gasteiger partial charge in [-0.2, -0.15) is 0 Å². The number of nitrogen functional groups attached to an aromatic ring is 2. The maximum absolute atomic E-state index is 6.39. The SMILES string of the molecule is CC1(C)O[C@@H]2CCCC[C@H]2N1c1nc2ccc(Cc3ncc(N)c(N)n3)cc2s1. The van der Waals surface area contributed by atoms with Crippen molar-refractivity contribution < 1.29 is 4.74 Å². The molecule has 1 aliphatic heterocycles. The van der Waals surface area contributed by atoms with Gasteiger partial charge in [0.1, 0.15) is 17.4 Å². The molecule has 29 heavy (non-hydrogen) atoms. The zero-order valence-corrected chi connectivity index (χ0v) is 17.6. The number of thiazole rings is 1. The highest BCUT2D eigenvalue weighted by Crippen LogP contribution is 2.44. The Morgan fingerprint density at radius 1 is 1.21 bits per heavy atom. The van der Waals surface area contributed by atoms with Crippen LogP contribution in [0.4, 0.5) is 16.6 Å².